The largest absolute Gasteiger partial charge is 0.479 e. The van der Waals surface area contributed by atoms with Crippen LogP contribution in [-0.2, 0) is 4.79 Å². The molecule has 0 radical (unpaired) electrons. The van der Waals surface area contributed by atoms with Crippen LogP contribution in [0.15, 0.2) is 0 Å². The standard InChI is InChI=1S/C13H25NO3/c1-10(2)11-5-4-7-14(8-6-11)9-13(3,17)12(15)16/h10-11,17H,4-9H2,1-3H3,(H,15,16). The number of hydrogen-bond donors (Lipinski definition) is 2. The highest BCUT2D eigenvalue weighted by atomic mass is 16.4. The van der Waals surface area contributed by atoms with E-state index < -0.39 is 11.6 Å². The van der Waals surface area contributed by atoms with E-state index in [1.165, 1.54) is 13.3 Å². The van der Waals surface area contributed by atoms with Gasteiger partial charge in [0.2, 0.25) is 0 Å². The van der Waals surface area contributed by atoms with Crippen molar-refractivity contribution in [2.75, 3.05) is 19.6 Å². The first-order chi connectivity index (χ1) is 7.83. The van der Waals surface area contributed by atoms with Crippen molar-refractivity contribution in [1.29, 1.82) is 0 Å². The molecular weight excluding hydrogens is 218 g/mol. The summed E-state index contributed by atoms with van der Waals surface area (Å²) >= 11 is 0. The number of nitrogens with zero attached hydrogens (tertiary/aromatic N) is 1. The Kier molecular flexibility index (Phi) is 4.95. The summed E-state index contributed by atoms with van der Waals surface area (Å²) in [7, 11) is 0. The number of likely N-dealkylation sites (tertiary alicyclic amines) is 1. The summed E-state index contributed by atoms with van der Waals surface area (Å²) in [6.07, 6.45) is 3.41. The van der Waals surface area contributed by atoms with Crippen molar-refractivity contribution in [1.82, 2.24) is 4.90 Å². The average molecular weight is 243 g/mol. The van der Waals surface area contributed by atoms with Crippen LogP contribution in [0.5, 0.6) is 0 Å². The summed E-state index contributed by atoms with van der Waals surface area (Å²) in [4.78, 5) is 13.0. The van der Waals surface area contributed by atoms with Crippen LogP contribution in [0.4, 0.5) is 0 Å². The summed E-state index contributed by atoms with van der Waals surface area (Å²) in [5.41, 5.74) is -1.63. The van der Waals surface area contributed by atoms with Crippen molar-refractivity contribution in [3.8, 4) is 0 Å². The van der Waals surface area contributed by atoms with Gasteiger partial charge in [0.25, 0.3) is 0 Å². The third-order valence-corrected chi connectivity index (χ3v) is 3.80. The van der Waals surface area contributed by atoms with E-state index in [0.29, 0.717) is 5.92 Å². The normalized spacial score (nSPS) is 26.5. The molecule has 2 unspecified atom stereocenters. The van der Waals surface area contributed by atoms with Gasteiger partial charge in [-0.25, -0.2) is 4.79 Å². The third kappa shape index (κ3) is 4.28. The second-order valence-electron chi connectivity index (χ2n) is 5.79. The Morgan fingerprint density at radius 3 is 2.59 bits per heavy atom. The molecule has 0 aromatic carbocycles. The maximum absolute atomic E-state index is 10.9. The van der Waals surface area contributed by atoms with E-state index >= 15 is 0 Å². The molecule has 0 spiro atoms. The molecule has 0 amide bonds. The molecule has 1 aliphatic heterocycles. The summed E-state index contributed by atoms with van der Waals surface area (Å²) < 4.78 is 0. The van der Waals surface area contributed by atoms with Gasteiger partial charge in [0.15, 0.2) is 5.60 Å². The molecule has 1 aliphatic rings. The highest BCUT2D eigenvalue weighted by Crippen LogP contribution is 2.25. The Morgan fingerprint density at radius 1 is 1.41 bits per heavy atom. The van der Waals surface area contributed by atoms with Crippen molar-refractivity contribution >= 4 is 5.97 Å². The molecule has 4 nitrogen and oxygen atoms in total. The Balaban J connectivity index is 2.49. The summed E-state index contributed by atoms with van der Waals surface area (Å²) in [5, 5.41) is 18.7. The Hall–Kier alpha value is -0.610. The molecule has 0 aromatic rings. The highest BCUT2D eigenvalue weighted by molar-refractivity contribution is 5.76. The lowest BCUT2D eigenvalue weighted by atomic mass is 9.89. The van der Waals surface area contributed by atoms with Crippen molar-refractivity contribution in [3.05, 3.63) is 0 Å². The second kappa shape index (κ2) is 5.83. The van der Waals surface area contributed by atoms with Gasteiger partial charge in [-0.05, 0) is 51.1 Å². The zero-order valence-electron chi connectivity index (χ0n) is 11.1. The van der Waals surface area contributed by atoms with Gasteiger partial charge in [-0.3, -0.25) is 4.90 Å². The first-order valence-corrected chi connectivity index (χ1v) is 6.51. The summed E-state index contributed by atoms with van der Waals surface area (Å²) in [6.45, 7) is 7.88. The van der Waals surface area contributed by atoms with E-state index in [0.717, 1.165) is 31.8 Å². The molecule has 1 fully saturated rings. The lowest BCUT2D eigenvalue weighted by Gasteiger charge is -2.27. The number of aliphatic hydroxyl groups is 1. The SMILES string of the molecule is CC(C)C1CCCN(CC(C)(O)C(=O)O)CC1. The first kappa shape index (κ1) is 14.5. The minimum atomic E-state index is -1.63. The quantitative estimate of drug-likeness (QED) is 0.787. The fraction of sp³-hybridized carbons (Fsp3) is 0.923. The fourth-order valence-electron chi connectivity index (χ4n) is 2.51. The molecule has 1 saturated heterocycles. The Bertz CT molecular complexity index is 263. The fourth-order valence-corrected chi connectivity index (χ4v) is 2.51. The Labute approximate surface area is 104 Å². The number of carboxylic acid groups (broad SMARTS) is 1. The van der Waals surface area contributed by atoms with Crippen LogP contribution < -0.4 is 0 Å². The molecule has 0 saturated carbocycles. The molecular formula is C13H25NO3. The highest BCUT2D eigenvalue weighted by Gasteiger charge is 2.33. The van der Waals surface area contributed by atoms with E-state index in [9.17, 15) is 9.90 Å². The van der Waals surface area contributed by atoms with Gasteiger partial charge in [0, 0.05) is 6.54 Å². The van der Waals surface area contributed by atoms with Gasteiger partial charge in [-0.2, -0.15) is 0 Å². The number of carbonyl (C=O) groups is 1. The van der Waals surface area contributed by atoms with E-state index in [1.807, 2.05) is 0 Å². The van der Waals surface area contributed by atoms with E-state index in [2.05, 4.69) is 18.7 Å². The van der Waals surface area contributed by atoms with Crippen LogP contribution >= 0.6 is 0 Å². The maximum atomic E-state index is 10.9. The minimum Gasteiger partial charge on any atom is -0.479 e. The molecule has 4 heteroatoms. The average Bonchev–Trinajstić information content (AvgIpc) is 2.42. The monoisotopic (exact) mass is 243 g/mol. The number of carboxylic acids is 1. The predicted octanol–water partition coefficient (Wildman–Crippen LogP) is 1.58. The molecule has 2 N–H and O–H groups in total. The lowest BCUT2D eigenvalue weighted by molar-refractivity contribution is -0.158. The number of rotatable bonds is 4. The van der Waals surface area contributed by atoms with Crippen LogP contribution in [0.25, 0.3) is 0 Å². The molecule has 1 rings (SSSR count). The van der Waals surface area contributed by atoms with E-state index in [1.54, 1.807) is 0 Å². The minimum absolute atomic E-state index is 0.229. The molecule has 0 aliphatic carbocycles. The van der Waals surface area contributed by atoms with Crippen LogP contribution in [-0.4, -0.2) is 46.3 Å². The van der Waals surface area contributed by atoms with Crippen LogP contribution in [0.3, 0.4) is 0 Å². The number of β-amino-alcohol motifs (C(OH)–C–C–N with tert-alkyl or cyclic N) is 1. The zero-order chi connectivity index (χ0) is 13.1. The Morgan fingerprint density at radius 2 is 2.06 bits per heavy atom. The topological polar surface area (TPSA) is 60.8 Å². The molecule has 2 atom stereocenters. The van der Waals surface area contributed by atoms with Gasteiger partial charge in [0.05, 0.1) is 0 Å². The van der Waals surface area contributed by atoms with Gasteiger partial charge in [0.1, 0.15) is 0 Å². The van der Waals surface area contributed by atoms with Crippen molar-refractivity contribution in [3.63, 3.8) is 0 Å². The molecule has 0 bridgehead atoms. The number of hydrogen-bond acceptors (Lipinski definition) is 3. The lowest BCUT2D eigenvalue weighted by Crippen LogP contribution is -2.47. The smallest absolute Gasteiger partial charge is 0.336 e. The zero-order valence-corrected chi connectivity index (χ0v) is 11.1. The van der Waals surface area contributed by atoms with Crippen molar-refractivity contribution in [2.24, 2.45) is 11.8 Å². The second-order valence-corrected chi connectivity index (χ2v) is 5.79. The van der Waals surface area contributed by atoms with Crippen molar-refractivity contribution < 1.29 is 15.0 Å². The number of aliphatic carboxylic acids is 1. The van der Waals surface area contributed by atoms with Gasteiger partial charge in [-0.15, -0.1) is 0 Å². The van der Waals surface area contributed by atoms with Crippen LogP contribution in [0.2, 0.25) is 0 Å². The summed E-state index contributed by atoms with van der Waals surface area (Å²) in [5.74, 6) is 0.284. The first-order valence-electron chi connectivity index (χ1n) is 6.51. The predicted molar refractivity (Wildman–Crippen MR) is 66.9 cm³/mol. The maximum Gasteiger partial charge on any atom is 0.336 e. The van der Waals surface area contributed by atoms with Crippen LogP contribution in [0, 0.1) is 11.8 Å². The summed E-state index contributed by atoms with van der Waals surface area (Å²) in [6, 6.07) is 0. The van der Waals surface area contributed by atoms with Gasteiger partial charge >= 0.3 is 5.97 Å². The molecule has 100 valence electrons. The molecule has 17 heavy (non-hydrogen) atoms. The van der Waals surface area contributed by atoms with E-state index in [-0.39, 0.29) is 6.54 Å². The van der Waals surface area contributed by atoms with Crippen molar-refractivity contribution in [2.45, 2.75) is 45.6 Å². The van der Waals surface area contributed by atoms with Gasteiger partial charge in [-0.1, -0.05) is 13.8 Å². The van der Waals surface area contributed by atoms with Crippen LogP contribution in [0.1, 0.15) is 40.0 Å². The molecule has 1 heterocycles. The molecule has 0 aromatic heterocycles. The van der Waals surface area contributed by atoms with Gasteiger partial charge < -0.3 is 10.2 Å². The third-order valence-electron chi connectivity index (χ3n) is 3.80. The van der Waals surface area contributed by atoms with E-state index in [4.69, 9.17) is 5.11 Å².